The van der Waals surface area contributed by atoms with Crippen molar-refractivity contribution >= 4 is 11.8 Å². The normalized spacial score (nSPS) is 12.2. The summed E-state index contributed by atoms with van der Waals surface area (Å²) < 4.78 is 5.36. The van der Waals surface area contributed by atoms with Crippen molar-refractivity contribution in [2.75, 3.05) is 17.2 Å². The van der Waals surface area contributed by atoms with Gasteiger partial charge in [0.05, 0.1) is 31.2 Å². The quantitative estimate of drug-likeness (QED) is 0.572. The van der Waals surface area contributed by atoms with Crippen LogP contribution in [0.25, 0.3) is 11.3 Å². The van der Waals surface area contributed by atoms with Gasteiger partial charge in [-0.3, -0.25) is 0 Å². The summed E-state index contributed by atoms with van der Waals surface area (Å²) in [5.41, 5.74) is 1.81. The molecule has 26 heavy (non-hydrogen) atoms. The lowest BCUT2D eigenvalue weighted by Gasteiger charge is -2.20. The zero-order valence-corrected chi connectivity index (χ0v) is 15.0. The number of benzene rings is 1. The lowest BCUT2D eigenvalue weighted by molar-refractivity contribution is 0.248. The number of furan rings is 1. The molecule has 1 aromatic carbocycles. The first-order valence-electron chi connectivity index (χ1n) is 8.74. The number of hydrogen-bond acceptors (Lipinski definition) is 6. The van der Waals surface area contributed by atoms with Crippen LogP contribution in [0.1, 0.15) is 19.6 Å². The zero-order chi connectivity index (χ0) is 18.4. The van der Waals surface area contributed by atoms with E-state index >= 15 is 0 Å². The highest BCUT2D eigenvalue weighted by Crippen LogP contribution is 2.22. The first kappa shape index (κ1) is 17.9. The molecule has 2 heterocycles. The molecule has 1 atom stereocenters. The highest BCUT2D eigenvalue weighted by Gasteiger charge is 2.15. The topological polar surface area (TPSA) is 83.2 Å². The summed E-state index contributed by atoms with van der Waals surface area (Å²) in [5, 5.41) is 16.1. The molecular formula is C20H24N4O2. The predicted octanol–water partition coefficient (Wildman–Crippen LogP) is 3.78. The summed E-state index contributed by atoms with van der Waals surface area (Å²) in [6.07, 6.45) is 1.65. The maximum atomic E-state index is 9.60. The number of anilines is 2. The van der Waals surface area contributed by atoms with Gasteiger partial charge in [0.1, 0.15) is 11.6 Å². The van der Waals surface area contributed by atoms with Crippen molar-refractivity contribution in [1.29, 1.82) is 0 Å². The van der Waals surface area contributed by atoms with E-state index in [9.17, 15) is 5.11 Å². The summed E-state index contributed by atoms with van der Waals surface area (Å²) >= 11 is 0. The number of aliphatic hydroxyl groups excluding tert-OH is 1. The van der Waals surface area contributed by atoms with Crippen LogP contribution in [-0.2, 0) is 6.54 Å². The Morgan fingerprint density at radius 2 is 1.88 bits per heavy atom. The molecular weight excluding hydrogens is 328 g/mol. The fourth-order valence-electron chi connectivity index (χ4n) is 2.54. The van der Waals surface area contributed by atoms with Crippen LogP contribution in [0, 0.1) is 5.92 Å². The van der Waals surface area contributed by atoms with Gasteiger partial charge in [-0.1, -0.05) is 44.2 Å². The molecule has 3 aromatic rings. The largest absolute Gasteiger partial charge is 0.467 e. The first-order chi connectivity index (χ1) is 12.7. The van der Waals surface area contributed by atoms with Crippen LogP contribution in [0.5, 0.6) is 0 Å². The third-order valence-electron chi connectivity index (χ3n) is 4.14. The Kier molecular flexibility index (Phi) is 5.86. The second kappa shape index (κ2) is 8.49. The average molecular weight is 352 g/mol. The van der Waals surface area contributed by atoms with Crippen LogP contribution in [0.3, 0.4) is 0 Å². The van der Waals surface area contributed by atoms with Gasteiger partial charge in [-0.25, -0.2) is 4.98 Å². The van der Waals surface area contributed by atoms with Gasteiger partial charge in [-0.15, -0.1) is 0 Å². The molecule has 0 amide bonds. The van der Waals surface area contributed by atoms with E-state index in [0.717, 1.165) is 17.0 Å². The smallest absolute Gasteiger partial charge is 0.225 e. The van der Waals surface area contributed by atoms with Gasteiger partial charge in [0, 0.05) is 11.6 Å². The first-order valence-corrected chi connectivity index (χ1v) is 8.74. The van der Waals surface area contributed by atoms with Gasteiger partial charge in [0.25, 0.3) is 0 Å². The molecule has 0 saturated carbocycles. The van der Waals surface area contributed by atoms with E-state index in [1.54, 1.807) is 6.26 Å². The molecule has 0 spiro atoms. The molecule has 3 rings (SSSR count). The second-order valence-corrected chi connectivity index (χ2v) is 6.44. The number of nitrogens with zero attached hydrogens (tertiary/aromatic N) is 2. The van der Waals surface area contributed by atoms with Crippen LogP contribution in [-0.4, -0.2) is 27.7 Å². The van der Waals surface area contributed by atoms with Crippen LogP contribution < -0.4 is 10.6 Å². The summed E-state index contributed by atoms with van der Waals surface area (Å²) in [4.78, 5) is 9.16. The monoisotopic (exact) mass is 352 g/mol. The van der Waals surface area contributed by atoms with E-state index < -0.39 is 0 Å². The predicted molar refractivity (Wildman–Crippen MR) is 103 cm³/mol. The molecule has 0 bridgehead atoms. The Balaban J connectivity index is 1.88. The summed E-state index contributed by atoms with van der Waals surface area (Å²) in [7, 11) is 0. The maximum absolute atomic E-state index is 9.60. The van der Waals surface area contributed by atoms with Gasteiger partial charge in [-0.05, 0) is 18.1 Å². The molecule has 2 aromatic heterocycles. The minimum Gasteiger partial charge on any atom is -0.467 e. The third-order valence-corrected chi connectivity index (χ3v) is 4.14. The van der Waals surface area contributed by atoms with E-state index in [4.69, 9.17) is 4.42 Å². The van der Waals surface area contributed by atoms with Crippen LogP contribution in [0.2, 0.25) is 0 Å². The highest BCUT2D eigenvalue weighted by atomic mass is 16.3. The molecule has 0 aliphatic heterocycles. The average Bonchev–Trinajstić information content (AvgIpc) is 3.18. The molecule has 0 radical (unpaired) electrons. The number of rotatable bonds is 8. The van der Waals surface area contributed by atoms with Gasteiger partial charge < -0.3 is 20.2 Å². The molecule has 6 nitrogen and oxygen atoms in total. The molecule has 3 N–H and O–H groups in total. The van der Waals surface area contributed by atoms with E-state index in [-0.39, 0.29) is 18.6 Å². The summed E-state index contributed by atoms with van der Waals surface area (Å²) in [6, 6.07) is 15.5. The SMILES string of the molecule is CC(C)[C@@H](CO)Nc1nc(NCc2ccco2)cc(-c2ccccc2)n1. The standard InChI is InChI=1S/C20H24N4O2/c1-14(2)18(13-25)23-20-22-17(15-7-4-3-5-8-15)11-19(24-20)21-12-16-9-6-10-26-16/h3-11,14,18,25H,12-13H2,1-2H3,(H2,21,22,23,24)/t18-/m1/s1. The molecule has 0 aliphatic carbocycles. The van der Waals surface area contributed by atoms with Crippen molar-refractivity contribution in [2.45, 2.75) is 26.4 Å². The Labute approximate surface area is 153 Å². The Morgan fingerprint density at radius 1 is 1.08 bits per heavy atom. The Hall–Kier alpha value is -2.86. The molecule has 6 heteroatoms. The number of hydrogen-bond donors (Lipinski definition) is 3. The van der Waals surface area contributed by atoms with Crippen molar-refractivity contribution in [3.05, 3.63) is 60.6 Å². The molecule has 0 aliphatic rings. The van der Waals surface area contributed by atoms with Crippen LogP contribution in [0.15, 0.2) is 59.2 Å². The summed E-state index contributed by atoms with van der Waals surface area (Å²) in [5.74, 6) is 2.26. The summed E-state index contributed by atoms with van der Waals surface area (Å²) in [6.45, 7) is 4.65. The van der Waals surface area contributed by atoms with Crippen molar-refractivity contribution in [2.24, 2.45) is 5.92 Å². The zero-order valence-electron chi connectivity index (χ0n) is 15.0. The van der Waals surface area contributed by atoms with Gasteiger partial charge in [-0.2, -0.15) is 4.98 Å². The molecule has 0 saturated heterocycles. The molecule has 0 unspecified atom stereocenters. The highest BCUT2D eigenvalue weighted by molar-refractivity contribution is 5.64. The Bertz CT molecular complexity index is 804. The van der Waals surface area contributed by atoms with Gasteiger partial charge >= 0.3 is 0 Å². The van der Waals surface area contributed by atoms with Crippen molar-refractivity contribution in [1.82, 2.24) is 9.97 Å². The number of aliphatic hydroxyl groups is 1. The Morgan fingerprint density at radius 3 is 2.54 bits per heavy atom. The van der Waals surface area contributed by atoms with Crippen molar-refractivity contribution in [3.63, 3.8) is 0 Å². The molecule has 136 valence electrons. The molecule has 0 fully saturated rings. The maximum Gasteiger partial charge on any atom is 0.225 e. The van der Waals surface area contributed by atoms with Gasteiger partial charge in [0.2, 0.25) is 5.95 Å². The second-order valence-electron chi connectivity index (χ2n) is 6.44. The fourth-order valence-corrected chi connectivity index (χ4v) is 2.54. The van der Waals surface area contributed by atoms with Crippen molar-refractivity contribution in [3.8, 4) is 11.3 Å². The lowest BCUT2D eigenvalue weighted by atomic mass is 10.1. The fraction of sp³-hybridized carbons (Fsp3) is 0.300. The van der Waals surface area contributed by atoms with Crippen LogP contribution >= 0.6 is 0 Å². The van der Waals surface area contributed by atoms with Crippen LogP contribution in [0.4, 0.5) is 11.8 Å². The van der Waals surface area contributed by atoms with Crippen molar-refractivity contribution < 1.29 is 9.52 Å². The third kappa shape index (κ3) is 4.61. The van der Waals surface area contributed by atoms with E-state index in [2.05, 4.69) is 20.6 Å². The van der Waals surface area contributed by atoms with E-state index in [1.807, 2.05) is 62.4 Å². The lowest BCUT2D eigenvalue weighted by Crippen LogP contribution is -2.30. The number of aromatic nitrogens is 2. The van der Waals surface area contributed by atoms with Gasteiger partial charge in [0.15, 0.2) is 0 Å². The minimum absolute atomic E-state index is 0.0196. The minimum atomic E-state index is -0.112. The number of nitrogens with one attached hydrogen (secondary N) is 2. The van der Waals surface area contributed by atoms with E-state index in [0.29, 0.717) is 18.3 Å². The van der Waals surface area contributed by atoms with E-state index in [1.165, 1.54) is 0 Å².